The molecule has 0 heterocycles. The van der Waals surface area contributed by atoms with E-state index in [1.54, 1.807) is 7.05 Å². The molecule has 2 atom stereocenters. The Morgan fingerprint density at radius 1 is 1.45 bits per heavy atom. The number of nitro benzene ring substituents is 1. The fourth-order valence-electron chi connectivity index (χ4n) is 2.83. The smallest absolute Gasteiger partial charge is 0.272 e. The number of amides is 1. The van der Waals surface area contributed by atoms with Crippen LogP contribution in [0, 0.1) is 21.8 Å². The quantitative estimate of drug-likeness (QED) is 0.683. The second-order valence-corrected chi connectivity index (χ2v) is 5.72. The Hall–Kier alpha value is -2.02. The molecule has 1 aliphatic carbocycles. The highest BCUT2D eigenvalue weighted by molar-refractivity contribution is 5.94. The number of aliphatic hydroxyl groups excluding tert-OH is 1. The Morgan fingerprint density at radius 2 is 2.14 bits per heavy atom. The summed E-state index contributed by atoms with van der Waals surface area (Å²) in [5, 5.41) is 20.5. The summed E-state index contributed by atoms with van der Waals surface area (Å²) in [6.45, 7) is 0.344. The Bertz CT molecular complexity index is 579. The van der Waals surface area contributed by atoms with Crippen LogP contribution in [0.3, 0.4) is 0 Å². The molecule has 1 aromatic carbocycles. The van der Waals surface area contributed by atoms with Gasteiger partial charge >= 0.3 is 0 Å². The van der Waals surface area contributed by atoms with Crippen LogP contribution in [0.5, 0.6) is 0 Å². The number of rotatable bonds is 4. The number of carbonyl (C=O) groups excluding carboxylic acids is 1. The molecular formula is C15H19FN2O4. The number of non-ortho nitro benzene ring substituents is 1. The van der Waals surface area contributed by atoms with E-state index in [2.05, 4.69) is 0 Å². The highest BCUT2D eigenvalue weighted by Gasteiger charge is 2.27. The van der Waals surface area contributed by atoms with E-state index >= 15 is 0 Å². The number of halogens is 1. The van der Waals surface area contributed by atoms with Crippen molar-refractivity contribution in [2.24, 2.45) is 5.92 Å². The monoisotopic (exact) mass is 310 g/mol. The molecule has 1 amide bonds. The van der Waals surface area contributed by atoms with E-state index in [-0.39, 0.29) is 17.2 Å². The van der Waals surface area contributed by atoms with Crippen molar-refractivity contribution in [1.82, 2.24) is 4.90 Å². The Balaban J connectivity index is 2.08. The van der Waals surface area contributed by atoms with E-state index < -0.39 is 22.8 Å². The number of benzene rings is 1. The lowest BCUT2D eigenvalue weighted by molar-refractivity contribution is -0.385. The maximum absolute atomic E-state index is 13.9. The molecule has 6 nitrogen and oxygen atoms in total. The average molecular weight is 310 g/mol. The third-order valence-corrected chi connectivity index (χ3v) is 4.12. The molecule has 7 heteroatoms. The summed E-state index contributed by atoms with van der Waals surface area (Å²) in [7, 11) is 1.55. The zero-order valence-corrected chi connectivity index (χ0v) is 12.4. The van der Waals surface area contributed by atoms with Crippen molar-refractivity contribution in [3.8, 4) is 0 Å². The molecule has 120 valence electrons. The summed E-state index contributed by atoms with van der Waals surface area (Å²) < 4.78 is 13.9. The van der Waals surface area contributed by atoms with Crippen molar-refractivity contribution < 1.29 is 19.2 Å². The van der Waals surface area contributed by atoms with Crippen LogP contribution in [0.2, 0.25) is 0 Å². The summed E-state index contributed by atoms with van der Waals surface area (Å²) in [6.07, 6.45) is 3.10. The molecule has 2 rings (SSSR count). The summed E-state index contributed by atoms with van der Waals surface area (Å²) in [6, 6.07) is 2.99. The highest BCUT2D eigenvalue weighted by atomic mass is 19.1. The Morgan fingerprint density at radius 3 is 2.73 bits per heavy atom. The largest absolute Gasteiger partial charge is 0.393 e. The maximum atomic E-state index is 13.9. The Kier molecular flexibility index (Phi) is 5.07. The SMILES string of the molecule is CN(CC1CCCCC1O)C(=O)c1ccc([N+](=O)[O-])cc1F. The van der Waals surface area contributed by atoms with Gasteiger partial charge in [-0.05, 0) is 18.9 Å². The van der Waals surface area contributed by atoms with Crippen molar-refractivity contribution >= 4 is 11.6 Å². The van der Waals surface area contributed by atoms with E-state index in [1.807, 2.05) is 0 Å². The minimum absolute atomic E-state index is 0.0104. The van der Waals surface area contributed by atoms with E-state index in [4.69, 9.17) is 0 Å². The molecular weight excluding hydrogens is 291 g/mol. The number of nitro groups is 1. The van der Waals surface area contributed by atoms with Gasteiger partial charge in [-0.15, -0.1) is 0 Å². The van der Waals surface area contributed by atoms with Crippen LogP contribution in [-0.4, -0.2) is 40.5 Å². The van der Waals surface area contributed by atoms with E-state index in [0.29, 0.717) is 6.54 Å². The van der Waals surface area contributed by atoms with Gasteiger partial charge in [0.1, 0.15) is 5.82 Å². The standard InChI is InChI=1S/C15H19FN2O4/c1-17(9-10-4-2-3-5-14(10)19)15(20)12-7-6-11(18(21)22)8-13(12)16/h6-8,10,14,19H,2-5,9H2,1H3. The van der Waals surface area contributed by atoms with Gasteiger partial charge in [-0.1, -0.05) is 12.8 Å². The van der Waals surface area contributed by atoms with Crippen LogP contribution < -0.4 is 0 Å². The number of hydrogen-bond donors (Lipinski definition) is 1. The molecule has 1 saturated carbocycles. The summed E-state index contributed by atoms with van der Waals surface area (Å²) >= 11 is 0. The van der Waals surface area contributed by atoms with Gasteiger partial charge in [0.05, 0.1) is 22.7 Å². The first-order valence-corrected chi connectivity index (χ1v) is 7.27. The lowest BCUT2D eigenvalue weighted by Gasteiger charge is -2.31. The van der Waals surface area contributed by atoms with Gasteiger partial charge < -0.3 is 10.0 Å². The number of aliphatic hydroxyl groups is 1. The number of nitrogens with zero attached hydrogens (tertiary/aromatic N) is 2. The van der Waals surface area contributed by atoms with Crippen molar-refractivity contribution in [3.05, 3.63) is 39.7 Å². The minimum atomic E-state index is -0.907. The van der Waals surface area contributed by atoms with Gasteiger partial charge in [0.15, 0.2) is 0 Å². The Labute approximate surface area is 127 Å². The average Bonchev–Trinajstić information content (AvgIpc) is 2.48. The van der Waals surface area contributed by atoms with Crippen molar-refractivity contribution in [3.63, 3.8) is 0 Å². The van der Waals surface area contributed by atoms with Crippen LogP contribution in [0.15, 0.2) is 18.2 Å². The van der Waals surface area contributed by atoms with Crippen molar-refractivity contribution in [1.29, 1.82) is 0 Å². The van der Waals surface area contributed by atoms with Crippen LogP contribution in [-0.2, 0) is 0 Å². The van der Waals surface area contributed by atoms with Crippen LogP contribution in [0.4, 0.5) is 10.1 Å². The normalized spacial score (nSPS) is 21.4. The molecule has 1 fully saturated rings. The summed E-state index contributed by atoms with van der Waals surface area (Å²) in [5.41, 5.74) is -0.585. The molecule has 0 radical (unpaired) electrons. The van der Waals surface area contributed by atoms with Crippen molar-refractivity contribution in [2.75, 3.05) is 13.6 Å². The topological polar surface area (TPSA) is 83.7 Å². The molecule has 1 aliphatic rings. The fourth-order valence-corrected chi connectivity index (χ4v) is 2.83. The van der Waals surface area contributed by atoms with Gasteiger partial charge in [-0.25, -0.2) is 4.39 Å². The molecule has 0 saturated heterocycles. The lowest BCUT2D eigenvalue weighted by Crippen LogP contribution is -2.38. The van der Waals surface area contributed by atoms with E-state index in [1.165, 1.54) is 4.90 Å². The molecule has 2 unspecified atom stereocenters. The molecule has 0 aromatic heterocycles. The summed E-state index contributed by atoms with van der Waals surface area (Å²) in [4.78, 5) is 23.5. The van der Waals surface area contributed by atoms with Crippen LogP contribution in [0.25, 0.3) is 0 Å². The number of hydrogen-bond acceptors (Lipinski definition) is 4. The minimum Gasteiger partial charge on any atom is -0.393 e. The molecule has 22 heavy (non-hydrogen) atoms. The van der Waals surface area contributed by atoms with Crippen LogP contribution in [0.1, 0.15) is 36.0 Å². The van der Waals surface area contributed by atoms with Gasteiger partial charge in [0, 0.05) is 25.6 Å². The van der Waals surface area contributed by atoms with E-state index in [9.17, 15) is 24.4 Å². The molecule has 1 N–H and O–H groups in total. The zero-order valence-electron chi connectivity index (χ0n) is 12.4. The number of carbonyl (C=O) groups is 1. The zero-order chi connectivity index (χ0) is 16.3. The highest BCUT2D eigenvalue weighted by Crippen LogP contribution is 2.25. The first-order valence-electron chi connectivity index (χ1n) is 7.27. The third-order valence-electron chi connectivity index (χ3n) is 4.12. The van der Waals surface area contributed by atoms with Gasteiger partial charge in [0.25, 0.3) is 11.6 Å². The maximum Gasteiger partial charge on any atom is 0.272 e. The van der Waals surface area contributed by atoms with Gasteiger partial charge in [0.2, 0.25) is 0 Å². The van der Waals surface area contributed by atoms with Gasteiger partial charge in [-0.3, -0.25) is 14.9 Å². The first kappa shape index (κ1) is 16.4. The lowest BCUT2D eigenvalue weighted by atomic mass is 9.86. The third kappa shape index (κ3) is 3.59. The predicted molar refractivity (Wildman–Crippen MR) is 78.0 cm³/mol. The molecule has 1 aromatic rings. The second kappa shape index (κ2) is 6.83. The predicted octanol–water partition coefficient (Wildman–Crippen LogP) is 2.36. The van der Waals surface area contributed by atoms with E-state index in [0.717, 1.165) is 43.9 Å². The van der Waals surface area contributed by atoms with Crippen LogP contribution >= 0.6 is 0 Å². The molecule has 0 aliphatic heterocycles. The molecule has 0 spiro atoms. The van der Waals surface area contributed by atoms with Gasteiger partial charge in [-0.2, -0.15) is 0 Å². The second-order valence-electron chi connectivity index (χ2n) is 5.72. The van der Waals surface area contributed by atoms with Crippen molar-refractivity contribution in [2.45, 2.75) is 31.8 Å². The molecule has 0 bridgehead atoms. The fraction of sp³-hybridized carbons (Fsp3) is 0.533. The first-order chi connectivity index (χ1) is 10.4. The summed E-state index contributed by atoms with van der Waals surface area (Å²) in [5.74, 6) is -1.45.